The van der Waals surface area contributed by atoms with Crippen LogP contribution >= 0.6 is 0 Å². The quantitative estimate of drug-likeness (QED) is 0.163. The molecule has 0 aliphatic heterocycles. The van der Waals surface area contributed by atoms with Crippen molar-refractivity contribution < 1.29 is 0 Å². The van der Waals surface area contributed by atoms with Crippen LogP contribution in [0.5, 0.6) is 0 Å². The molecule has 0 N–H and O–H groups in total. The normalized spacial score (nSPS) is 11.6. The van der Waals surface area contributed by atoms with Gasteiger partial charge in [-0.05, 0) is 77.7 Å². The minimum Gasteiger partial charge on any atom is -0.310 e. The van der Waals surface area contributed by atoms with Crippen LogP contribution < -0.4 is 0 Å². The fourth-order valence-corrected chi connectivity index (χ4v) is 8.68. The van der Waals surface area contributed by atoms with Crippen LogP contribution in [-0.4, -0.2) is 13.7 Å². The Balaban J connectivity index is 1.10. The summed E-state index contributed by atoms with van der Waals surface area (Å²) in [6.45, 7) is 15.5. The van der Waals surface area contributed by atoms with Crippen LogP contribution in [0.1, 0.15) is 0 Å². The highest BCUT2D eigenvalue weighted by Gasteiger charge is 2.19. The van der Waals surface area contributed by atoms with Gasteiger partial charge in [-0.25, -0.2) is 9.69 Å². The number of hydrogen-bond acceptors (Lipinski definition) is 0. The summed E-state index contributed by atoms with van der Waals surface area (Å²) in [5, 5.41) is 6.96. The lowest BCUT2D eigenvalue weighted by molar-refractivity contribution is 1.15. The van der Waals surface area contributed by atoms with Crippen molar-refractivity contribution in [3.8, 4) is 28.2 Å². The molecule has 254 valence electrons. The van der Waals surface area contributed by atoms with Gasteiger partial charge in [-0.2, -0.15) is 0 Å². The molecular weight excluding hydrogens is 671 g/mol. The standard InChI is InChI=1S/C50H29N5/c1-51-33-22-28-48-43(29-33)41-14-6-8-16-45(41)54(48)36-25-27-42-40-13-3-7-15-44(40)53(50(42)31-36)35-23-19-32(20-24-35)37-26-21-34(52-2)30-49(37)55-46-17-9-4-11-38(46)39-12-5-10-18-47(39)55/h3-31H. The number of nitrogens with zero attached hydrogens (tertiary/aromatic N) is 5. The van der Waals surface area contributed by atoms with E-state index in [4.69, 9.17) is 13.1 Å². The van der Waals surface area contributed by atoms with E-state index in [1.807, 2.05) is 24.3 Å². The molecule has 0 atom stereocenters. The van der Waals surface area contributed by atoms with Gasteiger partial charge in [-0.15, -0.1) is 0 Å². The number of para-hydroxylation sites is 4. The lowest BCUT2D eigenvalue weighted by Gasteiger charge is -2.16. The summed E-state index contributed by atoms with van der Waals surface area (Å²) in [4.78, 5) is 7.55. The first-order valence-electron chi connectivity index (χ1n) is 18.3. The molecule has 0 amide bonds. The van der Waals surface area contributed by atoms with Crippen molar-refractivity contribution in [1.29, 1.82) is 0 Å². The molecule has 0 saturated heterocycles. The third-order valence-electron chi connectivity index (χ3n) is 11.1. The van der Waals surface area contributed by atoms with Crippen molar-refractivity contribution in [1.82, 2.24) is 13.7 Å². The average molecular weight is 700 g/mol. The van der Waals surface area contributed by atoms with Gasteiger partial charge in [0, 0.05) is 49.6 Å². The second-order valence-electron chi connectivity index (χ2n) is 13.9. The molecule has 55 heavy (non-hydrogen) atoms. The lowest BCUT2D eigenvalue weighted by atomic mass is 10.0. The number of rotatable bonds is 4. The molecule has 0 aliphatic rings. The number of fused-ring (bicyclic) bond motifs is 9. The minimum absolute atomic E-state index is 0.605. The van der Waals surface area contributed by atoms with Gasteiger partial charge >= 0.3 is 0 Å². The minimum atomic E-state index is 0.605. The number of benzene rings is 8. The third-order valence-corrected chi connectivity index (χ3v) is 11.1. The van der Waals surface area contributed by atoms with E-state index in [0.29, 0.717) is 11.4 Å². The Kier molecular flexibility index (Phi) is 6.61. The maximum absolute atomic E-state index is 7.86. The molecule has 11 rings (SSSR count). The zero-order valence-electron chi connectivity index (χ0n) is 29.5. The molecule has 0 aliphatic carbocycles. The maximum Gasteiger partial charge on any atom is 0.189 e. The Hall–Kier alpha value is -7.86. The molecule has 0 spiro atoms. The van der Waals surface area contributed by atoms with E-state index in [2.05, 4.69) is 175 Å². The van der Waals surface area contributed by atoms with Crippen LogP contribution in [0.15, 0.2) is 176 Å². The molecule has 5 nitrogen and oxygen atoms in total. The highest BCUT2D eigenvalue weighted by atomic mass is 15.0. The van der Waals surface area contributed by atoms with Gasteiger partial charge in [-0.3, -0.25) is 0 Å². The molecule has 3 aromatic heterocycles. The van der Waals surface area contributed by atoms with Crippen LogP contribution in [0.4, 0.5) is 11.4 Å². The molecule has 3 heterocycles. The Morgan fingerprint density at radius 1 is 0.327 bits per heavy atom. The molecule has 0 radical (unpaired) electrons. The van der Waals surface area contributed by atoms with E-state index >= 15 is 0 Å². The molecule has 5 heteroatoms. The number of hydrogen-bond donors (Lipinski definition) is 0. The van der Waals surface area contributed by atoms with Gasteiger partial charge in [0.25, 0.3) is 0 Å². The monoisotopic (exact) mass is 699 g/mol. The van der Waals surface area contributed by atoms with E-state index < -0.39 is 0 Å². The first-order valence-corrected chi connectivity index (χ1v) is 18.3. The summed E-state index contributed by atoms with van der Waals surface area (Å²) in [6, 6.07) is 61.6. The largest absolute Gasteiger partial charge is 0.310 e. The molecule has 0 fully saturated rings. The summed E-state index contributed by atoms with van der Waals surface area (Å²) in [5.41, 5.74) is 13.1. The summed E-state index contributed by atoms with van der Waals surface area (Å²) >= 11 is 0. The van der Waals surface area contributed by atoms with Crippen molar-refractivity contribution in [2.75, 3.05) is 0 Å². The second-order valence-corrected chi connectivity index (χ2v) is 13.9. The van der Waals surface area contributed by atoms with Gasteiger partial charge < -0.3 is 13.7 Å². The predicted molar refractivity (Wildman–Crippen MR) is 227 cm³/mol. The fourth-order valence-electron chi connectivity index (χ4n) is 8.68. The molecule has 0 saturated carbocycles. The third kappa shape index (κ3) is 4.51. The van der Waals surface area contributed by atoms with E-state index in [1.54, 1.807) is 0 Å². The summed E-state index contributed by atoms with van der Waals surface area (Å²) in [6.07, 6.45) is 0. The van der Waals surface area contributed by atoms with E-state index in [-0.39, 0.29) is 0 Å². The van der Waals surface area contributed by atoms with Crippen LogP contribution in [-0.2, 0) is 0 Å². The van der Waals surface area contributed by atoms with Crippen molar-refractivity contribution in [3.63, 3.8) is 0 Å². The predicted octanol–water partition coefficient (Wildman–Crippen LogP) is 13.7. The van der Waals surface area contributed by atoms with Gasteiger partial charge in [-0.1, -0.05) is 109 Å². The van der Waals surface area contributed by atoms with Crippen molar-refractivity contribution in [2.45, 2.75) is 0 Å². The van der Waals surface area contributed by atoms with Crippen LogP contribution in [0.25, 0.3) is 103 Å². The molecule has 0 unspecified atom stereocenters. The van der Waals surface area contributed by atoms with E-state index in [1.165, 1.54) is 21.5 Å². The van der Waals surface area contributed by atoms with Crippen molar-refractivity contribution >= 4 is 76.8 Å². The Bertz CT molecular complexity index is 3400. The number of aromatic nitrogens is 3. The van der Waals surface area contributed by atoms with Gasteiger partial charge in [0.15, 0.2) is 11.4 Å². The summed E-state index contributed by atoms with van der Waals surface area (Å²) in [7, 11) is 0. The second kappa shape index (κ2) is 11.8. The summed E-state index contributed by atoms with van der Waals surface area (Å²) < 4.78 is 6.97. The SMILES string of the molecule is [C-]#[N+]c1ccc(-c2ccc(-n3c4ccccc4c4ccc(-n5c6ccccc6c6cc([N+]#[C-])ccc65)cc43)cc2)c(-n2c3ccccc3c3ccccc32)c1. The summed E-state index contributed by atoms with van der Waals surface area (Å²) in [5.74, 6) is 0. The van der Waals surface area contributed by atoms with Crippen LogP contribution in [0.3, 0.4) is 0 Å². The van der Waals surface area contributed by atoms with Crippen molar-refractivity contribution in [3.05, 3.63) is 199 Å². The van der Waals surface area contributed by atoms with Gasteiger partial charge in [0.2, 0.25) is 0 Å². The highest BCUT2D eigenvalue weighted by molar-refractivity contribution is 6.13. The topological polar surface area (TPSA) is 23.5 Å². The molecule has 11 aromatic rings. The molecule has 8 aromatic carbocycles. The van der Waals surface area contributed by atoms with Crippen LogP contribution in [0.2, 0.25) is 0 Å². The van der Waals surface area contributed by atoms with E-state index in [0.717, 1.165) is 72.1 Å². The lowest BCUT2D eigenvalue weighted by Crippen LogP contribution is -1.98. The Morgan fingerprint density at radius 2 is 0.782 bits per heavy atom. The van der Waals surface area contributed by atoms with Crippen LogP contribution in [0, 0.1) is 13.1 Å². The van der Waals surface area contributed by atoms with Gasteiger partial charge in [0.05, 0.1) is 46.2 Å². The Morgan fingerprint density at radius 3 is 1.38 bits per heavy atom. The fraction of sp³-hybridized carbons (Fsp3) is 0. The molecular formula is C50H29N5. The smallest absolute Gasteiger partial charge is 0.189 e. The first-order chi connectivity index (χ1) is 27.2. The van der Waals surface area contributed by atoms with E-state index in [9.17, 15) is 0 Å². The van der Waals surface area contributed by atoms with Gasteiger partial charge in [0.1, 0.15) is 0 Å². The highest BCUT2D eigenvalue weighted by Crippen LogP contribution is 2.40. The van der Waals surface area contributed by atoms with Crippen molar-refractivity contribution in [2.24, 2.45) is 0 Å². The molecule has 0 bridgehead atoms. The average Bonchev–Trinajstić information content (AvgIpc) is 3.88. The first kappa shape index (κ1) is 30.7. The zero-order chi connectivity index (χ0) is 36.6. The maximum atomic E-state index is 7.86. The Labute approximate surface area is 316 Å². The zero-order valence-corrected chi connectivity index (χ0v) is 29.5.